The standard InChI is InChI=1S/C40H24N2O/c1-2-13-26(14-3-1)41-30-18-6-4-15-27(30)38-32(41)20-10-21-33(38)42-31-19-7-5-16-28(31)39-34(42)23-24-36-40(39)29-17-8-11-25-12-9-22-35(43-36)37(25)29/h1-24H. The minimum Gasteiger partial charge on any atom is -0.456 e. The zero-order valence-electron chi connectivity index (χ0n) is 23.2. The van der Waals surface area contributed by atoms with Crippen molar-refractivity contribution in [3.05, 3.63) is 146 Å². The summed E-state index contributed by atoms with van der Waals surface area (Å²) in [5.74, 6) is 1.82. The van der Waals surface area contributed by atoms with Crippen LogP contribution in [0.2, 0.25) is 0 Å². The molecule has 0 spiro atoms. The third kappa shape index (κ3) is 2.98. The lowest BCUT2D eigenvalue weighted by Crippen LogP contribution is -1.99. The second-order valence-corrected chi connectivity index (χ2v) is 11.3. The molecule has 3 heteroatoms. The van der Waals surface area contributed by atoms with Gasteiger partial charge in [0.2, 0.25) is 0 Å². The van der Waals surface area contributed by atoms with Gasteiger partial charge in [-0.25, -0.2) is 0 Å². The van der Waals surface area contributed by atoms with Crippen molar-refractivity contribution in [1.82, 2.24) is 9.13 Å². The van der Waals surface area contributed by atoms with Crippen LogP contribution in [0.5, 0.6) is 11.5 Å². The highest BCUT2D eigenvalue weighted by molar-refractivity contribution is 6.22. The first kappa shape index (κ1) is 22.8. The predicted molar refractivity (Wildman–Crippen MR) is 178 cm³/mol. The number of benzene rings is 7. The molecule has 3 nitrogen and oxygen atoms in total. The number of aromatic nitrogens is 2. The maximum atomic E-state index is 6.59. The smallest absolute Gasteiger partial charge is 0.136 e. The van der Waals surface area contributed by atoms with E-state index in [1.54, 1.807) is 0 Å². The molecule has 0 saturated carbocycles. The van der Waals surface area contributed by atoms with Gasteiger partial charge in [-0.15, -0.1) is 0 Å². The molecule has 1 aliphatic heterocycles. The Morgan fingerprint density at radius 1 is 0.395 bits per heavy atom. The Bertz CT molecular complexity index is 2580. The fraction of sp³-hybridized carbons (Fsp3) is 0. The van der Waals surface area contributed by atoms with Crippen LogP contribution in [-0.4, -0.2) is 9.13 Å². The van der Waals surface area contributed by atoms with Crippen molar-refractivity contribution in [3.8, 4) is 34.0 Å². The van der Waals surface area contributed by atoms with Gasteiger partial charge in [-0.05, 0) is 65.5 Å². The minimum atomic E-state index is 0.903. The minimum absolute atomic E-state index is 0.903. The molecule has 0 fully saturated rings. The molecule has 200 valence electrons. The van der Waals surface area contributed by atoms with Gasteiger partial charge in [-0.2, -0.15) is 0 Å². The molecule has 7 aromatic carbocycles. The number of ether oxygens (including phenoxy) is 1. The molecule has 0 bridgehead atoms. The number of nitrogens with zero attached hydrogens (tertiary/aromatic N) is 2. The van der Waals surface area contributed by atoms with Crippen molar-refractivity contribution in [1.29, 1.82) is 0 Å². The van der Waals surface area contributed by atoms with Gasteiger partial charge in [0.05, 0.1) is 27.8 Å². The molecule has 0 saturated heterocycles. The van der Waals surface area contributed by atoms with Crippen LogP contribution in [0.1, 0.15) is 0 Å². The molecule has 1 aliphatic rings. The number of fused-ring (bicyclic) bond motifs is 9. The first-order valence-electron chi connectivity index (χ1n) is 14.7. The Morgan fingerprint density at radius 2 is 1.05 bits per heavy atom. The number of hydrogen-bond donors (Lipinski definition) is 0. The van der Waals surface area contributed by atoms with E-state index in [-0.39, 0.29) is 0 Å². The maximum Gasteiger partial charge on any atom is 0.136 e. The summed E-state index contributed by atoms with van der Waals surface area (Å²) >= 11 is 0. The fourth-order valence-electron chi connectivity index (χ4n) is 7.41. The predicted octanol–water partition coefficient (Wildman–Crippen LogP) is 10.8. The van der Waals surface area contributed by atoms with Crippen molar-refractivity contribution in [3.63, 3.8) is 0 Å². The van der Waals surface area contributed by atoms with Crippen LogP contribution in [-0.2, 0) is 0 Å². The topological polar surface area (TPSA) is 19.1 Å². The van der Waals surface area contributed by atoms with Crippen molar-refractivity contribution >= 4 is 54.4 Å². The Balaban J connectivity index is 1.37. The van der Waals surface area contributed by atoms with E-state index in [9.17, 15) is 0 Å². The van der Waals surface area contributed by atoms with Crippen molar-refractivity contribution in [2.45, 2.75) is 0 Å². The first-order valence-corrected chi connectivity index (χ1v) is 14.7. The van der Waals surface area contributed by atoms with Crippen LogP contribution in [0, 0.1) is 0 Å². The molecule has 0 radical (unpaired) electrons. The second-order valence-electron chi connectivity index (χ2n) is 11.3. The summed E-state index contributed by atoms with van der Waals surface area (Å²) in [6.07, 6.45) is 0. The van der Waals surface area contributed by atoms with E-state index in [4.69, 9.17) is 4.74 Å². The number of para-hydroxylation sites is 3. The average molecular weight is 549 g/mol. The first-order chi connectivity index (χ1) is 21.4. The third-order valence-corrected chi connectivity index (χ3v) is 9.09. The largest absolute Gasteiger partial charge is 0.456 e. The van der Waals surface area contributed by atoms with Gasteiger partial charge >= 0.3 is 0 Å². The summed E-state index contributed by atoms with van der Waals surface area (Å²) in [7, 11) is 0. The van der Waals surface area contributed by atoms with Crippen LogP contribution in [0.15, 0.2) is 146 Å². The van der Waals surface area contributed by atoms with Gasteiger partial charge in [0.1, 0.15) is 11.5 Å². The highest BCUT2D eigenvalue weighted by Crippen LogP contribution is 2.52. The molecule has 2 aromatic heterocycles. The number of hydrogen-bond acceptors (Lipinski definition) is 1. The maximum absolute atomic E-state index is 6.59. The molecule has 0 N–H and O–H groups in total. The van der Waals surface area contributed by atoms with E-state index in [1.807, 2.05) is 0 Å². The Morgan fingerprint density at radius 3 is 1.88 bits per heavy atom. The van der Waals surface area contributed by atoms with Gasteiger partial charge in [0.15, 0.2) is 0 Å². The normalized spacial score (nSPS) is 12.4. The van der Waals surface area contributed by atoms with Crippen LogP contribution in [0.3, 0.4) is 0 Å². The molecule has 0 unspecified atom stereocenters. The molecular weight excluding hydrogens is 524 g/mol. The monoisotopic (exact) mass is 548 g/mol. The van der Waals surface area contributed by atoms with Gasteiger partial charge in [0, 0.05) is 38.2 Å². The zero-order chi connectivity index (χ0) is 28.1. The molecule has 3 heterocycles. The lowest BCUT2D eigenvalue weighted by Gasteiger charge is -2.22. The van der Waals surface area contributed by atoms with Crippen LogP contribution >= 0.6 is 0 Å². The highest BCUT2D eigenvalue weighted by atomic mass is 16.5. The SMILES string of the molecule is c1ccc(-n2c3ccccc3c3c(-n4c5ccccc5c5c6c(ccc54)Oc4cccc5cccc-6c45)cccc32)cc1. The molecular formula is C40H24N2O. The Kier molecular flexibility index (Phi) is 4.45. The summed E-state index contributed by atoms with van der Waals surface area (Å²) in [6.45, 7) is 0. The summed E-state index contributed by atoms with van der Waals surface area (Å²) in [5.41, 5.74) is 9.46. The van der Waals surface area contributed by atoms with E-state index in [1.165, 1.54) is 65.6 Å². The lowest BCUT2D eigenvalue weighted by atomic mass is 9.91. The summed E-state index contributed by atoms with van der Waals surface area (Å²) < 4.78 is 11.4. The Hall–Kier alpha value is -5.80. The van der Waals surface area contributed by atoms with Gasteiger partial charge in [-0.1, -0.05) is 91.0 Å². The Labute approximate surface area is 247 Å². The van der Waals surface area contributed by atoms with Gasteiger partial charge in [0.25, 0.3) is 0 Å². The van der Waals surface area contributed by atoms with E-state index in [2.05, 4.69) is 155 Å². The fourth-order valence-corrected chi connectivity index (χ4v) is 7.41. The summed E-state index contributed by atoms with van der Waals surface area (Å²) in [4.78, 5) is 0. The van der Waals surface area contributed by atoms with E-state index >= 15 is 0 Å². The summed E-state index contributed by atoms with van der Waals surface area (Å²) in [6, 6.07) is 52.2. The lowest BCUT2D eigenvalue weighted by molar-refractivity contribution is 0.488. The molecule has 9 aromatic rings. The summed E-state index contributed by atoms with van der Waals surface area (Å²) in [5, 5.41) is 7.29. The number of rotatable bonds is 2. The van der Waals surface area contributed by atoms with Crippen molar-refractivity contribution in [2.75, 3.05) is 0 Å². The van der Waals surface area contributed by atoms with Crippen molar-refractivity contribution in [2.24, 2.45) is 0 Å². The molecule has 0 amide bonds. The second kappa shape index (κ2) is 8.37. The van der Waals surface area contributed by atoms with E-state index in [0.29, 0.717) is 0 Å². The van der Waals surface area contributed by atoms with Crippen LogP contribution in [0.4, 0.5) is 0 Å². The molecule has 10 rings (SSSR count). The highest BCUT2D eigenvalue weighted by Gasteiger charge is 2.26. The van der Waals surface area contributed by atoms with Gasteiger partial charge in [-0.3, -0.25) is 0 Å². The van der Waals surface area contributed by atoms with Gasteiger partial charge < -0.3 is 13.9 Å². The molecule has 0 aliphatic carbocycles. The van der Waals surface area contributed by atoms with E-state index in [0.717, 1.165) is 22.7 Å². The van der Waals surface area contributed by atoms with Crippen molar-refractivity contribution < 1.29 is 4.74 Å². The molecule has 43 heavy (non-hydrogen) atoms. The third-order valence-electron chi connectivity index (χ3n) is 9.09. The quantitative estimate of drug-likeness (QED) is 0.210. The van der Waals surface area contributed by atoms with E-state index < -0.39 is 0 Å². The molecule has 0 atom stereocenters. The van der Waals surface area contributed by atoms with Crippen LogP contribution < -0.4 is 4.74 Å². The zero-order valence-corrected chi connectivity index (χ0v) is 23.2. The average Bonchev–Trinajstić information content (AvgIpc) is 3.58. The van der Waals surface area contributed by atoms with Crippen LogP contribution in [0.25, 0.3) is 76.9 Å².